The third-order valence-electron chi connectivity index (χ3n) is 12.9. The third-order valence-corrected chi connectivity index (χ3v) is 12.9. The quantitative estimate of drug-likeness (QED) is 0.0309. The highest BCUT2D eigenvalue weighted by Crippen LogP contribution is 2.17. The Morgan fingerprint density at radius 3 is 0.984 bits per heavy atom. The summed E-state index contributed by atoms with van der Waals surface area (Å²) in [5.41, 5.74) is 0. The van der Waals surface area contributed by atoms with Gasteiger partial charge >= 0.3 is 0 Å². The van der Waals surface area contributed by atoms with Gasteiger partial charge in [0.2, 0.25) is 5.91 Å². The Hall–Kier alpha value is -1.21. The molecule has 0 aliphatic carbocycles. The molecule has 0 aliphatic rings. The van der Waals surface area contributed by atoms with Crippen molar-refractivity contribution in [3.63, 3.8) is 0 Å². The molecule has 6 heteroatoms. The highest BCUT2D eigenvalue weighted by molar-refractivity contribution is 5.80. The standard InChI is InChI=1S/C55H107NO5/c1-3-5-7-9-11-13-15-17-19-21-23-24-25-26-27-28-29-30-31-33-35-37-39-41-43-45-47-49-53(59)55(61)56-51(50-57)54(60)52(58)48-46-44-42-40-38-36-34-32-22-20-18-16-14-12-10-8-6-4-2/h26-27,40,42,51-54,57-60H,3-25,28-39,41,43-50H2,1-2H3,(H,56,61)/b27-26-,42-40+. The molecule has 0 aromatic carbocycles. The van der Waals surface area contributed by atoms with Gasteiger partial charge in [0.25, 0.3) is 0 Å². The second kappa shape index (κ2) is 49.8. The van der Waals surface area contributed by atoms with Crippen LogP contribution in [0.1, 0.15) is 290 Å². The molecule has 5 N–H and O–H groups in total. The van der Waals surface area contributed by atoms with Crippen molar-refractivity contribution in [2.45, 2.75) is 314 Å². The van der Waals surface area contributed by atoms with Crippen LogP contribution >= 0.6 is 0 Å². The van der Waals surface area contributed by atoms with Crippen LogP contribution in [0.25, 0.3) is 0 Å². The van der Waals surface area contributed by atoms with Crippen LogP contribution in [-0.4, -0.2) is 57.3 Å². The van der Waals surface area contributed by atoms with Crippen molar-refractivity contribution in [3.8, 4) is 0 Å². The van der Waals surface area contributed by atoms with Crippen molar-refractivity contribution in [3.05, 3.63) is 24.3 Å². The lowest BCUT2D eigenvalue weighted by Crippen LogP contribution is -2.53. The number of aliphatic hydroxyl groups excluding tert-OH is 4. The van der Waals surface area contributed by atoms with Crippen molar-refractivity contribution < 1.29 is 25.2 Å². The van der Waals surface area contributed by atoms with Crippen LogP contribution in [0.2, 0.25) is 0 Å². The van der Waals surface area contributed by atoms with Gasteiger partial charge in [0.05, 0.1) is 18.8 Å². The Kier molecular flexibility index (Phi) is 48.8. The molecule has 4 unspecified atom stereocenters. The monoisotopic (exact) mass is 862 g/mol. The number of allylic oxidation sites excluding steroid dienone is 4. The van der Waals surface area contributed by atoms with Gasteiger partial charge in [0.15, 0.2) is 0 Å². The van der Waals surface area contributed by atoms with Crippen LogP contribution in [0.4, 0.5) is 0 Å². The molecule has 0 aromatic heterocycles. The molecule has 362 valence electrons. The first kappa shape index (κ1) is 59.8. The molecule has 1 amide bonds. The van der Waals surface area contributed by atoms with E-state index in [0.29, 0.717) is 12.8 Å². The van der Waals surface area contributed by atoms with Crippen LogP contribution < -0.4 is 5.32 Å². The Bertz CT molecular complexity index is 924. The maximum absolute atomic E-state index is 12.6. The van der Waals surface area contributed by atoms with E-state index in [1.807, 2.05) is 0 Å². The summed E-state index contributed by atoms with van der Waals surface area (Å²) in [7, 11) is 0. The summed E-state index contributed by atoms with van der Waals surface area (Å²) in [4.78, 5) is 12.6. The van der Waals surface area contributed by atoms with E-state index in [-0.39, 0.29) is 0 Å². The highest BCUT2D eigenvalue weighted by Gasteiger charge is 2.28. The van der Waals surface area contributed by atoms with E-state index in [4.69, 9.17) is 0 Å². The van der Waals surface area contributed by atoms with Gasteiger partial charge in [-0.2, -0.15) is 0 Å². The van der Waals surface area contributed by atoms with E-state index in [1.54, 1.807) is 0 Å². The Morgan fingerprint density at radius 1 is 0.393 bits per heavy atom. The van der Waals surface area contributed by atoms with E-state index in [2.05, 4.69) is 43.5 Å². The average Bonchev–Trinajstić information content (AvgIpc) is 3.26. The minimum Gasteiger partial charge on any atom is -0.394 e. The van der Waals surface area contributed by atoms with E-state index < -0.39 is 36.9 Å². The molecule has 0 saturated carbocycles. The molecule has 4 atom stereocenters. The van der Waals surface area contributed by atoms with Gasteiger partial charge in [-0.3, -0.25) is 4.79 Å². The molecule has 0 rings (SSSR count). The predicted octanol–water partition coefficient (Wildman–Crippen LogP) is 15.5. The lowest BCUT2D eigenvalue weighted by Gasteiger charge is -2.27. The van der Waals surface area contributed by atoms with Gasteiger partial charge in [0, 0.05) is 0 Å². The number of hydrogen-bond donors (Lipinski definition) is 5. The Morgan fingerprint density at radius 2 is 0.672 bits per heavy atom. The smallest absolute Gasteiger partial charge is 0.249 e. The van der Waals surface area contributed by atoms with E-state index in [9.17, 15) is 25.2 Å². The number of nitrogens with one attached hydrogen (secondary N) is 1. The van der Waals surface area contributed by atoms with Gasteiger partial charge in [0.1, 0.15) is 12.2 Å². The second-order valence-electron chi connectivity index (χ2n) is 18.9. The fourth-order valence-electron chi connectivity index (χ4n) is 8.58. The maximum Gasteiger partial charge on any atom is 0.249 e. The Labute approximate surface area is 380 Å². The van der Waals surface area contributed by atoms with Crippen LogP contribution in [0.5, 0.6) is 0 Å². The summed E-state index contributed by atoms with van der Waals surface area (Å²) in [5.74, 6) is -0.591. The fourth-order valence-corrected chi connectivity index (χ4v) is 8.58. The zero-order valence-electron chi connectivity index (χ0n) is 40.9. The van der Waals surface area contributed by atoms with Crippen molar-refractivity contribution in [1.29, 1.82) is 0 Å². The summed E-state index contributed by atoms with van der Waals surface area (Å²) < 4.78 is 0. The van der Waals surface area contributed by atoms with Crippen molar-refractivity contribution in [2.24, 2.45) is 0 Å². The molecule has 0 fully saturated rings. The fraction of sp³-hybridized carbons (Fsp3) is 0.909. The van der Waals surface area contributed by atoms with Crippen molar-refractivity contribution >= 4 is 5.91 Å². The lowest BCUT2D eigenvalue weighted by atomic mass is 10.00. The molecule has 61 heavy (non-hydrogen) atoms. The number of carbonyl (C=O) groups excluding carboxylic acids is 1. The van der Waals surface area contributed by atoms with Gasteiger partial charge in [-0.25, -0.2) is 0 Å². The zero-order valence-corrected chi connectivity index (χ0v) is 40.9. The SMILES string of the molecule is CCCCCCCCCCCCCC/C=C\CCCCCCCCCCCCCC(O)C(=O)NC(CO)C(O)C(O)CCC/C=C/CCCCCCCCCCCCCCC. The summed E-state index contributed by atoms with van der Waals surface area (Å²) in [6.07, 6.45) is 59.6. The molecule has 0 aromatic rings. The largest absolute Gasteiger partial charge is 0.394 e. The van der Waals surface area contributed by atoms with Gasteiger partial charge in [-0.15, -0.1) is 0 Å². The molecule has 0 bridgehead atoms. The molecule has 0 spiro atoms. The van der Waals surface area contributed by atoms with Crippen LogP contribution in [0.15, 0.2) is 24.3 Å². The first-order valence-electron chi connectivity index (χ1n) is 27.2. The number of carbonyl (C=O) groups is 1. The van der Waals surface area contributed by atoms with Gasteiger partial charge < -0.3 is 25.7 Å². The lowest BCUT2D eigenvalue weighted by molar-refractivity contribution is -0.132. The number of amides is 1. The highest BCUT2D eigenvalue weighted by atomic mass is 16.3. The topological polar surface area (TPSA) is 110 Å². The molecular weight excluding hydrogens is 755 g/mol. The number of unbranched alkanes of at least 4 members (excludes halogenated alkanes) is 37. The average molecular weight is 862 g/mol. The normalized spacial score (nSPS) is 14.0. The summed E-state index contributed by atoms with van der Waals surface area (Å²) >= 11 is 0. The first-order chi connectivity index (χ1) is 30.0. The summed E-state index contributed by atoms with van der Waals surface area (Å²) in [6, 6.07) is -1.00. The zero-order chi connectivity index (χ0) is 44.5. The van der Waals surface area contributed by atoms with Crippen molar-refractivity contribution in [2.75, 3.05) is 6.61 Å². The summed E-state index contributed by atoms with van der Waals surface area (Å²) in [6.45, 7) is 4.07. The van der Waals surface area contributed by atoms with E-state index >= 15 is 0 Å². The second-order valence-corrected chi connectivity index (χ2v) is 18.9. The van der Waals surface area contributed by atoms with Gasteiger partial charge in [-0.05, 0) is 64.2 Å². The maximum atomic E-state index is 12.6. The number of rotatable bonds is 50. The molecule has 0 radical (unpaired) electrons. The van der Waals surface area contributed by atoms with Crippen molar-refractivity contribution in [1.82, 2.24) is 5.32 Å². The van der Waals surface area contributed by atoms with Crippen LogP contribution in [-0.2, 0) is 4.79 Å². The van der Waals surface area contributed by atoms with Crippen LogP contribution in [0, 0.1) is 0 Å². The Balaban J connectivity index is 3.65. The molecule has 0 aliphatic heterocycles. The third kappa shape index (κ3) is 43.8. The number of hydrogen-bond acceptors (Lipinski definition) is 5. The molecule has 0 heterocycles. The molecular formula is C55H107NO5. The van der Waals surface area contributed by atoms with Crippen LogP contribution in [0.3, 0.4) is 0 Å². The van der Waals surface area contributed by atoms with E-state index in [0.717, 1.165) is 38.5 Å². The predicted molar refractivity (Wildman–Crippen MR) is 265 cm³/mol. The van der Waals surface area contributed by atoms with E-state index in [1.165, 1.54) is 225 Å². The molecule has 0 saturated heterocycles. The minimum absolute atomic E-state index is 0.364. The minimum atomic E-state index is -1.28. The van der Waals surface area contributed by atoms with Gasteiger partial charge in [-0.1, -0.05) is 250 Å². The first-order valence-corrected chi connectivity index (χ1v) is 27.2. The molecule has 6 nitrogen and oxygen atoms in total. The summed E-state index contributed by atoms with van der Waals surface area (Å²) in [5, 5.41) is 43.9. The number of aliphatic hydroxyl groups is 4.